The Morgan fingerprint density at radius 3 is 3.16 bits per heavy atom. The molecule has 1 unspecified atom stereocenters. The number of pyridine rings is 1. The van der Waals surface area contributed by atoms with Crippen LogP contribution in [0.3, 0.4) is 0 Å². The van der Waals surface area contributed by atoms with Gasteiger partial charge in [0, 0.05) is 37.1 Å². The molecule has 19 heavy (non-hydrogen) atoms. The summed E-state index contributed by atoms with van der Waals surface area (Å²) >= 11 is 0. The normalized spacial score (nSPS) is 19.8. The van der Waals surface area contributed by atoms with E-state index in [9.17, 15) is 0 Å². The van der Waals surface area contributed by atoms with Crippen molar-refractivity contribution >= 4 is 5.69 Å². The Morgan fingerprint density at radius 2 is 2.42 bits per heavy atom. The minimum Gasteiger partial charge on any atom is -0.481 e. The zero-order chi connectivity index (χ0) is 13.7. The summed E-state index contributed by atoms with van der Waals surface area (Å²) < 4.78 is 10.8. The molecule has 1 aliphatic heterocycles. The average molecular weight is 265 g/mol. The monoisotopic (exact) mass is 265 g/mol. The second-order valence-corrected chi connectivity index (χ2v) is 5.04. The Hall–Kier alpha value is -1.33. The van der Waals surface area contributed by atoms with Crippen molar-refractivity contribution in [3.8, 4) is 5.88 Å². The molecule has 5 heteroatoms. The van der Waals surface area contributed by atoms with Crippen molar-refractivity contribution in [3.63, 3.8) is 0 Å². The first-order valence-corrected chi connectivity index (χ1v) is 6.78. The summed E-state index contributed by atoms with van der Waals surface area (Å²) in [4.78, 5) is 6.52. The lowest BCUT2D eigenvalue weighted by molar-refractivity contribution is 0.0931. The van der Waals surface area contributed by atoms with Gasteiger partial charge in [0.1, 0.15) is 0 Å². The van der Waals surface area contributed by atoms with Crippen LogP contribution in [0.25, 0.3) is 0 Å². The molecule has 0 aliphatic carbocycles. The lowest BCUT2D eigenvalue weighted by Crippen LogP contribution is -2.51. The van der Waals surface area contributed by atoms with E-state index in [1.807, 2.05) is 12.1 Å². The van der Waals surface area contributed by atoms with Crippen molar-refractivity contribution in [2.75, 3.05) is 38.3 Å². The number of ether oxygens (including phenoxy) is 2. The molecule has 1 aromatic rings. The van der Waals surface area contributed by atoms with E-state index in [1.54, 1.807) is 13.3 Å². The summed E-state index contributed by atoms with van der Waals surface area (Å²) in [5.41, 5.74) is 1.14. The van der Waals surface area contributed by atoms with E-state index < -0.39 is 0 Å². The summed E-state index contributed by atoms with van der Waals surface area (Å²) in [6, 6.07) is 4.84. The fraction of sp³-hybridized carbons (Fsp3) is 0.643. The van der Waals surface area contributed by atoms with Crippen LogP contribution < -0.4 is 15.0 Å². The minimum absolute atomic E-state index is 0.350. The summed E-state index contributed by atoms with van der Waals surface area (Å²) in [6.45, 7) is 7.65. The Balaban J connectivity index is 2.09. The van der Waals surface area contributed by atoms with Crippen molar-refractivity contribution in [2.24, 2.45) is 0 Å². The van der Waals surface area contributed by atoms with Crippen molar-refractivity contribution in [1.29, 1.82) is 0 Å². The molecule has 2 heterocycles. The Morgan fingerprint density at radius 1 is 1.58 bits per heavy atom. The quantitative estimate of drug-likeness (QED) is 0.869. The summed E-state index contributed by atoms with van der Waals surface area (Å²) in [5.74, 6) is 0.652. The van der Waals surface area contributed by atoms with Crippen LogP contribution >= 0.6 is 0 Å². The summed E-state index contributed by atoms with van der Waals surface area (Å²) in [6.07, 6.45) is 1.79. The molecule has 0 amide bonds. The predicted octanol–water partition coefficient (Wildman–Crippen LogP) is 1.29. The molecule has 2 rings (SSSR count). The molecule has 1 saturated heterocycles. The van der Waals surface area contributed by atoms with Gasteiger partial charge in [-0.05, 0) is 6.07 Å². The largest absolute Gasteiger partial charge is 0.481 e. The summed E-state index contributed by atoms with van der Waals surface area (Å²) in [7, 11) is 1.64. The number of morpholine rings is 1. The van der Waals surface area contributed by atoms with Crippen LogP contribution in [0.2, 0.25) is 0 Å². The van der Waals surface area contributed by atoms with Crippen LogP contribution in [0.4, 0.5) is 5.69 Å². The number of anilines is 1. The van der Waals surface area contributed by atoms with E-state index in [2.05, 4.69) is 29.0 Å². The van der Waals surface area contributed by atoms with Crippen LogP contribution in [-0.2, 0) is 4.74 Å². The minimum atomic E-state index is 0.350. The highest BCUT2D eigenvalue weighted by molar-refractivity contribution is 5.49. The van der Waals surface area contributed by atoms with Gasteiger partial charge < -0.3 is 19.7 Å². The first kappa shape index (κ1) is 14.1. The smallest absolute Gasteiger partial charge is 0.214 e. The SMILES string of the molecule is COc1cc(N2CCOCC2CNC(C)C)ccn1. The maximum absolute atomic E-state index is 5.59. The standard InChI is InChI=1S/C14H23N3O2/c1-11(2)16-9-13-10-19-7-6-17(13)12-4-5-15-14(8-12)18-3/h4-5,8,11,13,16H,6-7,9-10H2,1-3H3. The molecule has 0 aromatic carbocycles. The molecule has 1 N–H and O–H groups in total. The number of hydrogen-bond acceptors (Lipinski definition) is 5. The molecule has 0 radical (unpaired) electrons. The molecule has 106 valence electrons. The van der Waals surface area contributed by atoms with Gasteiger partial charge in [0.15, 0.2) is 0 Å². The molecule has 1 fully saturated rings. The van der Waals surface area contributed by atoms with E-state index in [0.717, 1.165) is 32.0 Å². The molecule has 0 bridgehead atoms. The number of nitrogens with zero attached hydrogens (tertiary/aromatic N) is 2. The molecule has 1 aliphatic rings. The molecule has 0 saturated carbocycles. The van der Waals surface area contributed by atoms with Gasteiger partial charge in [0.2, 0.25) is 5.88 Å². The van der Waals surface area contributed by atoms with E-state index in [1.165, 1.54) is 0 Å². The van der Waals surface area contributed by atoms with Gasteiger partial charge in [0.05, 0.1) is 26.4 Å². The number of rotatable bonds is 5. The zero-order valence-corrected chi connectivity index (χ0v) is 11.9. The van der Waals surface area contributed by atoms with Gasteiger partial charge in [-0.25, -0.2) is 4.98 Å². The van der Waals surface area contributed by atoms with Crippen LogP contribution in [-0.4, -0.2) is 50.5 Å². The van der Waals surface area contributed by atoms with Gasteiger partial charge in [-0.1, -0.05) is 13.8 Å². The highest BCUT2D eigenvalue weighted by Crippen LogP contribution is 2.22. The second kappa shape index (κ2) is 6.73. The van der Waals surface area contributed by atoms with Gasteiger partial charge in [0.25, 0.3) is 0 Å². The van der Waals surface area contributed by atoms with Crippen molar-refractivity contribution in [1.82, 2.24) is 10.3 Å². The molecular weight excluding hydrogens is 242 g/mol. The van der Waals surface area contributed by atoms with E-state index >= 15 is 0 Å². The van der Waals surface area contributed by atoms with Crippen LogP contribution in [0.15, 0.2) is 18.3 Å². The Kier molecular flexibility index (Phi) is 4.99. The van der Waals surface area contributed by atoms with Crippen molar-refractivity contribution in [2.45, 2.75) is 25.9 Å². The fourth-order valence-corrected chi connectivity index (χ4v) is 2.22. The highest BCUT2D eigenvalue weighted by Gasteiger charge is 2.23. The number of methoxy groups -OCH3 is 1. The molecule has 0 spiro atoms. The van der Waals surface area contributed by atoms with E-state index in [0.29, 0.717) is 18.0 Å². The van der Waals surface area contributed by atoms with Crippen LogP contribution in [0.5, 0.6) is 5.88 Å². The molecular formula is C14H23N3O2. The Bertz CT molecular complexity index is 398. The second-order valence-electron chi connectivity index (χ2n) is 5.04. The number of aromatic nitrogens is 1. The highest BCUT2D eigenvalue weighted by atomic mass is 16.5. The van der Waals surface area contributed by atoms with Crippen molar-refractivity contribution in [3.05, 3.63) is 18.3 Å². The third-order valence-corrected chi connectivity index (χ3v) is 3.25. The maximum atomic E-state index is 5.59. The lowest BCUT2D eigenvalue weighted by Gasteiger charge is -2.38. The zero-order valence-electron chi connectivity index (χ0n) is 11.9. The third-order valence-electron chi connectivity index (χ3n) is 3.25. The molecule has 1 atom stereocenters. The molecule has 5 nitrogen and oxygen atoms in total. The van der Waals surface area contributed by atoms with Gasteiger partial charge in [-0.3, -0.25) is 0 Å². The average Bonchev–Trinajstić information content (AvgIpc) is 2.45. The van der Waals surface area contributed by atoms with Crippen LogP contribution in [0, 0.1) is 0 Å². The predicted molar refractivity (Wildman–Crippen MR) is 75.9 cm³/mol. The van der Waals surface area contributed by atoms with E-state index in [4.69, 9.17) is 9.47 Å². The molecule has 1 aromatic heterocycles. The number of hydrogen-bond donors (Lipinski definition) is 1. The summed E-state index contributed by atoms with van der Waals surface area (Å²) in [5, 5.41) is 3.47. The first-order valence-electron chi connectivity index (χ1n) is 6.78. The fourth-order valence-electron chi connectivity index (χ4n) is 2.22. The number of nitrogens with one attached hydrogen (secondary N) is 1. The van der Waals surface area contributed by atoms with Gasteiger partial charge in [-0.15, -0.1) is 0 Å². The first-order chi connectivity index (χ1) is 9.20. The van der Waals surface area contributed by atoms with E-state index in [-0.39, 0.29) is 0 Å². The maximum Gasteiger partial charge on any atom is 0.214 e. The van der Waals surface area contributed by atoms with Gasteiger partial charge >= 0.3 is 0 Å². The van der Waals surface area contributed by atoms with Gasteiger partial charge in [-0.2, -0.15) is 0 Å². The van der Waals surface area contributed by atoms with Crippen LogP contribution in [0.1, 0.15) is 13.8 Å². The lowest BCUT2D eigenvalue weighted by atomic mass is 10.2. The third kappa shape index (κ3) is 3.81. The topological polar surface area (TPSA) is 46.6 Å². The Labute approximate surface area is 114 Å². The van der Waals surface area contributed by atoms with Crippen molar-refractivity contribution < 1.29 is 9.47 Å².